The zero-order valence-electron chi connectivity index (χ0n) is 14.4. The fourth-order valence-corrected chi connectivity index (χ4v) is 3.33. The Morgan fingerprint density at radius 3 is 2.77 bits per heavy atom. The zero-order chi connectivity index (χ0) is 17.8. The number of carbonyl (C=O) groups is 1. The average Bonchev–Trinajstić information content (AvgIpc) is 3.33. The van der Waals surface area contributed by atoms with Crippen molar-refractivity contribution in [3.8, 4) is 0 Å². The van der Waals surface area contributed by atoms with Crippen molar-refractivity contribution < 1.29 is 4.79 Å². The molecule has 0 N–H and O–H groups in total. The molecule has 1 aromatic carbocycles. The number of nitrogens with zero attached hydrogens (tertiary/aromatic N) is 6. The van der Waals surface area contributed by atoms with Crippen molar-refractivity contribution in [1.29, 1.82) is 0 Å². The molecule has 0 spiro atoms. The topological polar surface area (TPSA) is 76.8 Å². The number of hydrogen-bond acceptors (Lipinski definition) is 5. The molecular weight excluding hydrogens is 328 g/mol. The van der Waals surface area contributed by atoms with Crippen LogP contribution < -0.4 is 0 Å². The summed E-state index contributed by atoms with van der Waals surface area (Å²) in [6, 6.07) is 15.3. The van der Waals surface area contributed by atoms with Gasteiger partial charge in [-0.25, -0.2) is 4.68 Å². The number of carbonyl (C=O) groups excluding carboxylic acids is 1. The summed E-state index contributed by atoms with van der Waals surface area (Å²) < 4.78 is 1.84. The summed E-state index contributed by atoms with van der Waals surface area (Å²) in [6.45, 7) is 2.22. The lowest BCUT2D eigenvalue weighted by Crippen LogP contribution is -2.29. The Morgan fingerprint density at radius 1 is 1.12 bits per heavy atom. The SMILES string of the molecule is O=C(c1ccccc1)N1CCC(Cn2nnnc2Cc2ccccn2)C1. The Bertz CT molecular complexity index is 864. The molecule has 1 aliphatic rings. The van der Waals surface area contributed by atoms with E-state index >= 15 is 0 Å². The Hall–Kier alpha value is -3.09. The van der Waals surface area contributed by atoms with Crippen molar-refractivity contribution in [3.63, 3.8) is 0 Å². The van der Waals surface area contributed by atoms with Crippen LogP contribution in [-0.4, -0.2) is 49.1 Å². The molecular formula is C19H20N6O. The van der Waals surface area contributed by atoms with Gasteiger partial charge in [-0.05, 0) is 47.0 Å². The Morgan fingerprint density at radius 2 is 1.96 bits per heavy atom. The van der Waals surface area contributed by atoms with Gasteiger partial charge in [0.2, 0.25) is 0 Å². The van der Waals surface area contributed by atoms with Gasteiger partial charge in [-0.2, -0.15) is 0 Å². The van der Waals surface area contributed by atoms with Crippen molar-refractivity contribution in [2.45, 2.75) is 19.4 Å². The van der Waals surface area contributed by atoms with E-state index in [-0.39, 0.29) is 5.91 Å². The van der Waals surface area contributed by atoms with Gasteiger partial charge >= 0.3 is 0 Å². The highest BCUT2D eigenvalue weighted by atomic mass is 16.2. The molecule has 2 aromatic heterocycles. The second-order valence-electron chi connectivity index (χ2n) is 6.55. The van der Waals surface area contributed by atoms with E-state index in [0.717, 1.165) is 36.6 Å². The lowest BCUT2D eigenvalue weighted by Gasteiger charge is -2.16. The zero-order valence-corrected chi connectivity index (χ0v) is 14.4. The molecule has 1 atom stereocenters. The molecule has 3 heterocycles. The number of pyridine rings is 1. The molecule has 0 aliphatic carbocycles. The minimum absolute atomic E-state index is 0.0959. The van der Waals surface area contributed by atoms with Gasteiger partial charge in [-0.15, -0.1) is 5.10 Å². The molecule has 1 amide bonds. The van der Waals surface area contributed by atoms with Crippen molar-refractivity contribution in [1.82, 2.24) is 30.1 Å². The summed E-state index contributed by atoms with van der Waals surface area (Å²) >= 11 is 0. The van der Waals surface area contributed by atoms with E-state index in [0.29, 0.717) is 18.9 Å². The number of benzene rings is 1. The quantitative estimate of drug-likeness (QED) is 0.703. The third-order valence-corrected chi connectivity index (χ3v) is 4.70. The van der Waals surface area contributed by atoms with E-state index in [4.69, 9.17) is 0 Å². The molecule has 0 bridgehead atoms. The number of likely N-dealkylation sites (tertiary alicyclic amines) is 1. The Balaban J connectivity index is 1.39. The van der Waals surface area contributed by atoms with Gasteiger partial charge in [-0.3, -0.25) is 9.78 Å². The summed E-state index contributed by atoms with van der Waals surface area (Å²) in [6.07, 6.45) is 3.34. The molecule has 4 rings (SSSR count). The van der Waals surface area contributed by atoms with Crippen molar-refractivity contribution >= 4 is 5.91 Å². The maximum atomic E-state index is 12.6. The minimum Gasteiger partial charge on any atom is -0.338 e. The molecule has 3 aromatic rings. The van der Waals surface area contributed by atoms with Gasteiger partial charge in [-0.1, -0.05) is 24.3 Å². The van der Waals surface area contributed by atoms with E-state index in [1.165, 1.54) is 0 Å². The number of amides is 1. The molecule has 1 unspecified atom stereocenters. The molecule has 7 heteroatoms. The van der Waals surface area contributed by atoms with Crippen LogP contribution in [0.3, 0.4) is 0 Å². The first kappa shape index (κ1) is 16.4. The highest BCUT2D eigenvalue weighted by molar-refractivity contribution is 5.94. The van der Waals surface area contributed by atoms with Crippen LogP contribution in [0.4, 0.5) is 0 Å². The maximum absolute atomic E-state index is 12.6. The van der Waals surface area contributed by atoms with E-state index in [1.54, 1.807) is 6.20 Å². The Labute approximate surface area is 151 Å². The van der Waals surface area contributed by atoms with Gasteiger partial charge in [0.05, 0.1) is 6.42 Å². The van der Waals surface area contributed by atoms with E-state index in [1.807, 2.05) is 58.1 Å². The lowest BCUT2D eigenvalue weighted by molar-refractivity contribution is 0.0785. The first-order valence-corrected chi connectivity index (χ1v) is 8.79. The average molecular weight is 348 g/mol. The predicted octanol–water partition coefficient (Wildman–Crippen LogP) is 1.82. The van der Waals surface area contributed by atoms with Crippen molar-refractivity contribution in [3.05, 3.63) is 71.8 Å². The standard InChI is InChI=1S/C19H20N6O/c26-19(16-6-2-1-3-7-16)24-11-9-15(13-24)14-25-18(21-22-23-25)12-17-8-4-5-10-20-17/h1-8,10,15H,9,11-14H2. The van der Waals surface area contributed by atoms with Gasteiger partial charge in [0.15, 0.2) is 5.82 Å². The van der Waals surface area contributed by atoms with Gasteiger partial charge in [0.1, 0.15) is 0 Å². The lowest BCUT2D eigenvalue weighted by atomic mass is 10.1. The van der Waals surface area contributed by atoms with Crippen LogP contribution in [0, 0.1) is 5.92 Å². The molecule has 132 valence electrons. The van der Waals surface area contributed by atoms with E-state index < -0.39 is 0 Å². The summed E-state index contributed by atoms with van der Waals surface area (Å²) in [5, 5.41) is 12.1. The monoisotopic (exact) mass is 348 g/mol. The second-order valence-corrected chi connectivity index (χ2v) is 6.55. The molecule has 0 radical (unpaired) electrons. The maximum Gasteiger partial charge on any atom is 0.253 e. The third-order valence-electron chi connectivity index (χ3n) is 4.70. The van der Waals surface area contributed by atoms with Crippen LogP contribution in [0.15, 0.2) is 54.7 Å². The fourth-order valence-electron chi connectivity index (χ4n) is 3.33. The van der Waals surface area contributed by atoms with Gasteiger partial charge < -0.3 is 4.90 Å². The number of hydrogen-bond donors (Lipinski definition) is 0. The smallest absolute Gasteiger partial charge is 0.253 e. The van der Waals surface area contributed by atoms with Crippen molar-refractivity contribution in [2.75, 3.05) is 13.1 Å². The highest BCUT2D eigenvalue weighted by Gasteiger charge is 2.28. The van der Waals surface area contributed by atoms with Crippen LogP contribution in [0.5, 0.6) is 0 Å². The van der Waals surface area contributed by atoms with Gasteiger partial charge in [0.25, 0.3) is 5.91 Å². The molecule has 26 heavy (non-hydrogen) atoms. The van der Waals surface area contributed by atoms with Crippen LogP contribution in [0.2, 0.25) is 0 Å². The molecule has 1 fully saturated rings. The fraction of sp³-hybridized carbons (Fsp3) is 0.316. The molecule has 1 saturated heterocycles. The van der Waals surface area contributed by atoms with E-state index in [9.17, 15) is 4.79 Å². The van der Waals surface area contributed by atoms with Crippen LogP contribution >= 0.6 is 0 Å². The summed E-state index contributed by atoms with van der Waals surface area (Å²) in [4.78, 5) is 18.8. The first-order chi connectivity index (χ1) is 12.8. The number of tetrazole rings is 1. The molecule has 7 nitrogen and oxygen atoms in total. The predicted molar refractivity (Wildman–Crippen MR) is 95.3 cm³/mol. The summed E-state index contributed by atoms with van der Waals surface area (Å²) in [5.74, 6) is 1.25. The van der Waals surface area contributed by atoms with Gasteiger partial charge in [0, 0.05) is 37.1 Å². The second kappa shape index (κ2) is 7.43. The Kier molecular flexibility index (Phi) is 4.68. The third kappa shape index (κ3) is 3.61. The molecule has 1 aliphatic heterocycles. The highest BCUT2D eigenvalue weighted by Crippen LogP contribution is 2.20. The molecule has 0 saturated carbocycles. The normalized spacial score (nSPS) is 16.8. The minimum atomic E-state index is 0.0959. The number of rotatable bonds is 5. The van der Waals surface area contributed by atoms with Crippen LogP contribution in [0.1, 0.15) is 28.3 Å². The van der Waals surface area contributed by atoms with Crippen LogP contribution in [-0.2, 0) is 13.0 Å². The largest absolute Gasteiger partial charge is 0.338 e. The van der Waals surface area contributed by atoms with Crippen LogP contribution in [0.25, 0.3) is 0 Å². The van der Waals surface area contributed by atoms with E-state index in [2.05, 4.69) is 20.5 Å². The van der Waals surface area contributed by atoms with Crippen molar-refractivity contribution in [2.24, 2.45) is 5.92 Å². The summed E-state index contributed by atoms with van der Waals surface area (Å²) in [5.41, 5.74) is 1.68. The first-order valence-electron chi connectivity index (χ1n) is 8.79. The number of aromatic nitrogens is 5. The summed E-state index contributed by atoms with van der Waals surface area (Å²) in [7, 11) is 0.